The summed E-state index contributed by atoms with van der Waals surface area (Å²) in [5.41, 5.74) is 1.72. The number of benzene rings is 1. The zero-order chi connectivity index (χ0) is 21.7. The van der Waals surface area contributed by atoms with Gasteiger partial charge < -0.3 is 19.8 Å². The first-order valence-corrected chi connectivity index (χ1v) is 10.1. The number of hydrogen-bond donors (Lipinski definition) is 2. The van der Waals surface area contributed by atoms with Crippen LogP contribution >= 0.6 is 0 Å². The molecule has 0 unspecified atom stereocenters. The molecule has 7 nitrogen and oxygen atoms in total. The van der Waals surface area contributed by atoms with Crippen LogP contribution in [0.5, 0.6) is 0 Å². The SMILES string of the molecule is C#Cc1ccc(-c2cnc([C@@H]3CCCN3C[C@](C=O)(NC(=O)OC)C(C)C)[nH]2)cc1. The van der Waals surface area contributed by atoms with Crippen LogP contribution in [0.1, 0.15) is 44.1 Å². The molecule has 7 heteroatoms. The maximum absolute atomic E-state index is 12.1. The summed E-state index contributed by atoms with van der Waals surface area (Å²) < 4.78 is 4.74. The van der Waals surface area contributed by atoms with Crippen molar-refractivity contribution in [1.29, 1.82) is 0 Å². The van der Waals surface area contributed by atoms with E-state index < -0.39 is 11.6 Å². The molecule has 1 aliphatic rings. The molecule has 158 valence electrons. The van der Waals surface area contributed by atoms with Crippen LogP contribution in [0.25, 0.3) is 11.3 Å². The molecule has 0 radical (unpaired) electrons. The van der Waals surface area contributed by atoms with Crippen molar-refractivity contribution in [1.82, 2.24) is 20.2 Å². The van der Waals surface area contributed by atoms with Crippen molar-refractivity contribution in [2.24, 2.45) is 5.92 Å². The number of hydrogen-bond acceptors (Lipinski definition) is 5. The molecule has 1 aromatic heterocycles. The van der Waals surface area contributed by atoms with E-state index in [0.717, 1.165) is 48.3 Å². The molecular formula is C23H28N4O3. The molecule has 1 amide bonds. The van der Waals surface area contributed by atoms with Gasteiger partial charge in [0.2, 0.25) is 0 Å². The lowest BCUT2D eigenvalue weighted by molar-refractivity contribution is -0.115. The minimum Gasteiger partial charge on any atom is -0.453 e. The Hall–Kier alpha value is -3.11. The van der Waals surface area contributed by atoms with E-state index in [2.05, 4.69) is 26.1 Å². The van der Waals surface area contributed by atoms with Gasteiger partial charge in [-0.1, -0.05) is 31.9 Å². The van der Waals surface area contributed by atoms with Crippen LogP contribution in [0, 0.1) is 18.3 Å². The largest absolute Gasteiger partial charge is 0.453 e. The van der Waals surface area contributed by atoms with Crippen molar-refractivity contribution in [3.05, 3.63) is 41.9 Å². The number of carbonyl (C=O) groups excluding carboxylic acids is 2. The Morgan fingerprint density at radius 3 is 2.80 bits per heavy atom. The van der Waals surface area contributed by atoms with Crippen LogP contribution in [0.15, 0.2) is 30.5 Å². The third kappa shape index (κ3) is 4.39. The highest BCUT2D eigenvalue weighted by Crippen LogP contribution is 2.33. The van der Waals surface area contributed by atoms with E-state index in [9.17, 15) is 9.59 Å². The Kier molecular flexibility index (Phi) is 6.58. The number of aromatic nitrogens is 2. The highest BCUT2D eigenvalue weighted by molar-refractivity contribution is 5.77. The van der Waals surface area contributed by atoms with Crippen molar-refractivity contribution in [2.45, 2.75) is 38.3 Å². The smallest absolute Gasteiger partial charge is 0.407 e. The Labute approximate surface area is 177 Å². The molecular weight excluding hydrogens is 380 g/mol. The molecule has 1 aliphatic heterocycles. The number of nitrogens with zero attached hydrogens (tertiary/aromatic N) is 2. The molecule has 2 atom stereocenters. The predicted octanol–water partition coefficient (Wildman–Crippen LogP) is 3.14. The number of aldehydes is 1. The third-order valence-electron chi connectivity index (χ3n) is 5.86. The van der Waals surface area contributed by atoms with Crippen molar-refractivity contribution in [3.8, 4) is 23.6 Å². The normalized spacial score (nSPS) is 18.6. The van der Waals surface area contributed by atoms with Gasteiger partial charge in [0.15, 0.2) is 0 Å². The van der Waals surface area contributed by atoms with E-state index in [1.807, 2.05) is 44.3 Å². The lowest BCUT2D eigenvalue weighted by Crippen LogP contribution is -2.60. The number of aromatic amines is 1. The van der Waals surface area contributed by atoms with Gasteiger partial charge in [-0.25, -0.2) is 9.78 Å². The van der Waals surface area contributed by atoms with Gasteiger partial charge in [0.05, 0.1) is 25.0 Å². The lowest BCUT2D eigenvalue weighted by Gasteiger charge is -2.37. The lowest BCUT2D eigenvalue weighted by atomic mass is 9.87. The first-order valence-electron chi connectivity index (χ1n) is 10.1. The number of rotatable bonds is 7. The van der Waals surface area contributed by atoms with Crippen molar-refractivity contribution in [3.63, 3.8) is 0 Å². The molecule has 1 aromatic carbocycles. The van der Waals surface area contributed by atoms with Crippen LogP contribution < -0.4 is 5.32 Å². The summed E-state index contributed by atoms with van der Waals surface area (Å²) in [6.45, 7) is 5.05. The molecule has 30 heavy (non-hydrogen) atoms. The van der Waals surface area contributed by atoms with Crippen LogP contribution in [0.3, 0.4) is 0 Å². The van der Waals surface area contributed by atoms with E-state index in [1.165, 1.54) is 7.11 Å². The number of H-pyrrole nitrogens is 1. The van der Waals surface area contributed by atoms with Crippen molar-refractivity contribution < 1.29 is 14.3 Å². The quantitative estimate of drug-likeness (QED) is 0.543. The molecule has 1 saturated heterocycles. The summed E-state index contributed by atoms with van der Waals surface area (Å²) in [5, 5.41) is 2.75. The second-order valence-corrected chi connectivity index (χ2v) is 7.96. The fraction of sp³-hybridized carbons (Fsp3) is 0.435. The van der Waals surface area contributed by atoms with Crippen LogP contribution in [-0.4, -0.2) is 53.0 Å². The maximum atomic E-state index is 12.1. The Bertz CT molecular complexity index is 929. The molecule has 0 saturated carbocycles. The minimum absolute atomic E-state index is 0.0428. The number of imidazole rings is 1. The minimum atomic E-state index is -1.03. The first-order chi connectivity index (χ1) is 14.4. The summed E-state index contributed by atoms with van der Waals surface area (Å²) >= 11 is 0. The van der Waals surface area contributed by atoms with Crippen molar-refractivity contribution >= 4 is 12.4 Å². The van der Waals surface area contributed by atoms with Gasteiger partial charge in [-0.3, -0.25) is 4.90 Å². The number of amides is 1. The van der Waals surface area contributed by atoms with Gasteiger partial charge in [0.1, 0.15) is 17.6 Å². The fourth-order valence-corrected chi connectivity index (χ4v) is 3.87. The van der Waals surface area contributed by atoms with Gasteiger partial charge in [0, 0.05) is 12.1 Å². The van der Waals surface area contributed by atoms with Gasteiger partial charge in [-0.2, -0.15) is 0 Å². The zero-order valence-electron chi connectivity index (χ0n) is 17.6. The first kappa shape index (κ1) is 21.6. The topological polar surface area (TPSA) is 87.3 Å². The second-order valence-electron chi connectivity index (χ2n) is 7.96. The molecule has 0 bridgehead atoms. The molecule has 2 heterocycles. The van der Waals surface area contributed by atoms with Gasteiger partial charge in [-0.15, -0.1) is 6.42 Å². The molecule has 0 aliphatic carbocycles. The van der Waals surface area contributed by atoms with Crippen molar-refractivity contribution in [2.75, 3.05) is 20.2 Å². The van der Waals surface area contributed by atoms with E-state index >= 15 is 0 Å². The number of alkyl carbamates (subject to hydrolysis) is 1. The number of carbonyl (C=O) groups is 2. The molecule has 1 fully saturated rings. The summed E-state index contributed by atoms with van der Waals surface area (Å²) in [4.78, 5) is 34.2. The number of methoxy groups -OCH3 is 1. The standard InChI is InChI=1S/C23H28N4O3/c1-5-17-8-10-18(11-9-17)19-13-24-21(25-19)20-7-6-12-27(20)14-23(15-28,16(2)3)26-22(29)30-4/h1,8-11,13,15-16,20H,6-7,12,14H2,2-4H3,(H,24,25)(H,26,29)/t20-,23+/m0/s1. The Balaban J connectivity index is 1.81. The predicted molar refractivity (Wildman–Crippen MR) is 115 cm³/mol. The molecule has 3 rings (SSSR count). The second kappa shape index (κ2) is 9.14. The van der Waals surface area contributed by atoms with Crippen LogP contribution in [0.4, 0.5) is 4.79 Å². The van der Waals surface area contributed by atoms with E-state index in [-0.39, 0.29) is 12.0 Å². The van der Waals surface area contributed by atoms with Crippen LogP contribution in [0.2, 0.25) is 0 Å². The van der Waals surface area contributed by atoms with E-state index in [1.54, 1.807) is 0 Å². The maximum Gasteiger partial charge on any atom is 0.407 e. The number of ether oxygens (including phenoxy) is 1. The molecule has 2 aromatic rings. The van der Waals surface area contributed by atoms with E-state index in [0.29, 0.717) is 6.54 Å². The zero-order valence-corrected chi connectivity index (χ0v) is 17.6. The average Bonchev–Trinajstić information content (AvgIpc) is 3.42. The van der Waals surface area contributed by atoms with Gasteiger partial charge in [0.25, 0.3) is 0 Å². The van der Waals surface area contributed by atoms with E-state index in [4.69, 9.17) is 11.2 Å². The molecule has 0 spiro atoms. The summed E-state index contributed by atoms with van der Waals surface area (Å²) in [5.74, 6) is 3.37. The summed E-state index contributed by atoms with van der Waals surface area (Å²) in [6.07, 6.45) is 9.38. The summed E-state index contributed by atoms with van der Waals surface area (Å²) in [7, 11) is 1.30. The summed E-state index contributed by atoms with van der Waals surface area (Å²) in [6, 6.07) is 7.78. The highest BCUT2D eigenvalue weighted by Gasteiger charge is 2.41. The van der Waals surface area contributed by atoms with Gasteiger partial charge in [-0.05, 0) is 43.0 Å². The molecule has 2 N–H and O–H groups in total. The Morgan fingerprint density at radius 1 is 1.47 bits per heavy atom. The van der Waals surface area contributed by atoms with Crippen LogP contribution in [-0.2, 0) is 9.53 Å². The number of likely N-dealkylation sites (tertiary alicyclic amines) is 1. The monoisotopic (exact) mass is 408 g/mol. The fourth-order valence-electron chi connectivity index (χ4n) is 3.87. The van der Waals surface area contributed by atoms with Gasteiger partial charge >= 0.3 is 6.09 Å². The number of nitrogens with one attached hydrogen (secondary N) is 2. The number of terminal acetylenes is 1. The Morgan fingerprint density at radius 2 is 2.20 bits per heavy atom. The highest BCUT2D eigenvalue weighted by atomic mass is 16.5. The third-order valence-corrected chi connectivity index (χ3v) is 5.86. The average molecular weight is 409 g/mol.